The van der Waals surface area contributed by atoms with E-state index in [0.29, 0.717) is 12.1 Å². The number of hydrogen-bond donors (Lipinski definition) is 1. The normalized spacial score (nSPS) is 31.0. The summed E-state index contributed by atoms with van der Waals surface area (Å²) in [5.41, 5.74) is 0. The molecule has 0 radical (unpaired) electrons. The van der Waals surface area contributed by atoms with Crippen LogP contribution in [0.1, 0.15) is 78.1 Å². The predicted molar refractivity (Wildman–Crippen MR) is 90.6 cm³/mol. The molecule has 2 aliphatic rings. The van der Waals surface area contributed by atoms with Gasteiger partial charge in [0.25, 0.3) is 0 Å². The highest BCUT2D eigenvalue weighted by molar-refractivity contribution is 4.91. The number of ether oxygens (including phenoxy) is 1. The lowest BCUT2D eigenvalue weighted by Crippen LogP contribution is -2.50. The summed E-state index contributed by atoms with van der Waals surface area (Å²) in [5, 5.41) is 3.67. The van der Waals surface area contributed by atoms with E-state index in [2.05, 4.69) is 26.2 Å². The highest BCUT2D eigenvalue weighted by Gasteiger charge is 2.36. The minimum Gasteiger partial charge on any atom is -0.377 e. The van der Waals surface area contributed by atoms with Crippen LogP contribution in [-0.4, -0.2) is 25.8 Å². The molecule has 0 spiro atoms. The molecule has 2 aliphatic carbocycles. The van der Waals surface area contributed by atoms with Gasteiger partial charge in [0.05, 0.1) is 6.10 Å². The van der Waals surface area contributed by atoms with Gasteiger partial charge in [-0.3, -0.25) is 0 Å². The van der Waals surface area contributed by atoms with Gasteiger partial charge < -0.3 is 10.1 Å². The predicted octanol–water partition coefficient (Wildman–Crippen LogP) is 4.78. The molecule has 0 aliphatic heterocycles. The van der Waals surface area contributed by atoms with Crippen LogP contribution in [0.2, 0.25) is 0 Å². The van der Waals surface area contributed by atoms with Gasteiger partial charge in [-0.15, -0.1) is 0 Å². The summed E-state index contributed by atoms with van der Waals surface area (Å²) in [6.07, 6.45) is 14.5. The standard InChI is InChI=1S/C19H37NO/c1-4-15-10-9-13-17(14-15)18(20-3)19(21-5-2)16-11-7-6-8-12-16/h15-20H,4-14H2,1-3H3. The van der Waals surface area contributed by atoms with Crippen molar-refractivity contribution in [1.82, 2.24) is 5.32 Å². The Kier molecular flexibility index (Phi) is 7.53. The van der Waals surface area contributed by atoms with E-state index in [9.17, 15) is 0 Å². The molecule has 0 aromatic carbocycles. The fraction of sp³-hybridized carbons (Fsp3) is 1.00. The van der Waals surface area contributed by atoms with Crippen molar-refractivity contribution in [2.45, 2.75) is 90.2 Å². The lowest BCUT2D eigenvalue weighted by molar-refractivity contribution is -0.0362. The Balaban J connectivity index is 2.03. The third kappa shape index (κ3) is 4.69. The molecule has 124 valence electrons. The topological polar surface area (TPSA) is 21.3 Å². The molecule has 0 heterocycles. The molecule has 2 rings (SSSR count). The van der Waals surface area contributed by atoms with Crippen molar-refractivity contribution in [3.8, 4) is 0 Å². The maximum atomic E-state index is 6.29. The maximum Gasteiger partial charge on any atom is 0.0758 e. The first-order valence-electron chi connectivity index (χ1n) is 9.59. The minimum atomic E-state index is 0.445. The van der Waals surface area contributed by atoms with Gasteiger partial charge >= 0.3 is 0 Å². The summed E-state index contributed by atoms with van der Waals surface area (Å²) in [7, 11) is 2.16. The maximum absolute atomic E-state index is 6.29. The fourth-order valence-electron chi connectivity index (χ4n) is 4.89. The molecule has 2 nitrogen and oxygen atoms in total. The van der Waals surface area contributed by atoms with Crippen molar-refractivity contribution in [3.63, 3.8) is 0 Å². The van der Waals surface area contributed by atoms with Crippen molar-refractivity contribution in [2.75, 3.05) is 13.7 Å². The molecule has 0 bridgehead atoms. The quantitative estimate of drug-likeness (QED) is 0.730. The third-order valence-corrected chi connectivity index (χ3v) is 6.07. The van der Waals surface area contributed by atoms with Gasteiger partial charge in [-0.2, -0.15) is 0 Å². The van der Waals surface area contributed by atoms with Crippen molar-refractivity contribution in [2.24, 2.45) is 17.8 Å². The van der Waals surface area contributed by atoms with E-state index in [1.165, 1.54) is 64.2 Å². The minimum absolute atomic E-state index is 0.445. The first-order valence-corrected chi connectivity index (χ1v) is 9.59. The van der Waals surface area contributed by atoms with Crippen molar-refractivity contribution in [1.29, 1.82) is 0 Å². The second-order valence-electron chi connectivity index (χ2n) is 7.33. The molecule has 2 fully saturated rings. The highest BCUT2D eigenvalue weighted by atomic mass is 16.5. The second kappa shape index (κ2) is 9.15. The Morgan fingerprint density at radius 3 is 2.29 bits per heavy atom. The van der Waals surface area contributed by atoms with Gasteiger partial charge in [0.15, 0.2) is 0 Å². The lowest BCUT2D eigenvalue weighted by atomic mass is 9.72. The van der Waals surface area contributed by atoms with Gasteiger partial charge in [0.1, 0.15) is 0 Å². The molecule has 2 heteroatoms. The lowest BCUT2D eigenvalue weighted by Gasteiger charge is -2.42. The van der Waals surface area contributed by atoms with Gasteiger partial charge in [-0.1, -0.05) is 45.4 Å². The monoisotopic (exact) mass is 295 g/mol. The van der Waals surface area contributed by atoms with Crippen LogP contribution in [0.3, 0.4) is 0 Å². The highest BCUT2D eigenvalue weighted by Crippen LogP contribution is 2.38. The Labute approximate surface area is 132 Å². The van der Waals surface area contributed by atoms with Crippen LogP contribution in [0.15, 0.2) is 0 Å². The molecular formula is C19H37NO. The average Bonchev–Trinajstić information content (AvgIpc) is 2.56. The first-order chi connectivity index (χ1) is 10.3. The van der Waals surface area contributed by atoms with E-state index < -0.39 is 0 Å². The summed E-state index contributed by atoms with van der Waals surface area (Å²) >= 11 is 0. The summed E-state index contributed by atoms with van der Waals surface area (Å²) < 4.78 is 6.29. The molecule has 4 unspecified atom stereocenters. The van der Waals surface area contributed by atoms with E-state index in [0.717, 1.165) is 24.4 Å². The van der Waals surface area contributed by atoms with Crippen LogP contribution in [0.25, 0.3) is 0 Å². The molecule has 0 amide bonds. The fourth-order valence-corrected chi connectivity index (χ4v) is 4.89. The Hall–Kier alpha value is -0.0800. The van der Waals surface area contributed by atoms with Crippen LogP contribution in [-0.2, 0) is 4.74 Å². The largest absolute Gasteiger partial charge is 0.377 e. The van der Waals surface area contributed by atoms with E-state index in [4.69, 9.17) is 4.74 Å². The molecule has 21 heavy (non-hydrogen) atoms. The number of rotatable bonds is 7. The molecule has 4 atom stereocenters. The Morgan fingerprint density at radius 2 is 1.67 bits per heavy atom. The number of hydrogen-bond acceptors (Lipinski definition) is 2. The second-order valence-corrected chi connectivity index (χ2v) is 7.33. The van der Waals surface area contributed by atoms with Crippen molar-refractivity contribution < 1.29 is 4.74 Å². The van der Waals surface area contributed by atoms with E-state index in [1.54, 1.807) is 0 Å². The summed E-state index contributed by atoms with van der Waals surface area (Å²) in [6.45, 7) is 5.39. The zero-order chi connectivity index (χ0) is 15.1. The molecule has 0 aromatic rings. The van der Waals surface area contributed by atoms with Gasteiger partial charge in [-0.05, 0) is 57.4 Å². The van der Waals surface area contributed by atoms with Crippen LogP contribution < -0.4 is 5.32 Å². The molecule has 2 saturated carbocycles. The Bertz CT molecular complexity index is 275. The van der Waals surface area contributed by atoms with Crippen LogP contribution in [0.4, 0.5) is 0 Å². The van der Waals surface area contributed by atoms with Crippen LogP contribution >= 0.6 is 0 Å². The smallest absolute Gasteiger partial charge is 0.0758 e. The first kappa shape index (κ1) is 17.3. The zero-order valence-electron chi connectivity index (χ0n) is 14.6. The van der Waals surface area contributed by atoms with E-state index in [1.807, 2.05) is 0 Å². The molecular weight excluding hydrogens is 258 g/mol. The number of nitrogens with one attached hydrogen (secondary N) is 1. The van der Waals surface area contributed by atoms with Gasteiger partial charge in [-0.25, -0.2) is 0 Å². The van der Waals surface area contributed by atoms with Gasteiger partial charge in [0, 0.05) is 12.6 Å². The number of likely N-dealkylation sites (N-methyl/N-ethyl adjacent to an activating group) is 1. The zero-order valence-corrected chi connectivity index (χ0v) is 14.6. The average molecular weight is 296 g/mol. The molecule has 1 N–H and O–H groups in total. The van der Waals surface area contributed by atoms with Gasteiger partial charge in [0.2, 0.25) is 0 Å². The van der Waals surface area contributed by atoms with E-state index >= 15 is 0 Å². The summed E-state index contributed by atoms with van der Waals surface area (Å²) in [5.74, 6) is 2.57. The molecule has 0 saturated heterocycles. The molecule has 0 aromatic heterocycles. The third-order valence-electron chi connectivity index (χ3n) is 6.07. The summed E-state index contributed by atoms with van der Waals surface area (Å²) in [6, 6.07) is 0.572. The van der Waals surface area contributed by atoms with Crippen LogP contribution in [0, 0.1) is 17.8 Å². The van der Waals surface area contributed by atoms with Crippen LogP contribution in [0.5, 0.6) is 0 Å². The van der Waals surface area contributed by atoms with Crippen molar-refractivity contribution in [3.05, 3.63) is 0 Å². The van der Waals surface area contributed by atoms with E-state index in [-0.39, 0.29) is 0 Å². The SMILES string of the molecule is CCOC(C1CCCCC1)C(NC)C1CCCC(CC)C1. The Morgan fingerprint density at radius 1 is 0.952 bits per heavy atom. The summed E-state index contributed by atoms with van der Waals surface area (Å²) in [4.78, 5) is 0. The van der Waals surface area contributed by atoms with Crippen molar-refractivity contribution >= 4 is 0 Å².